The molecule has 0 aliphatic carbocycles. The maximum absolute atomic E-state index is 13.0. The van der Waals surface area contributed by atoms with E-state index in [1.807, 2.05) is 12.1 Å². The molecule has 3 aromatic rings. The van der Waals surface area contributed by atoms with Gasteiger partial charge in [-0.15, -0.1) is 0 Å². The molecule has 0 atom stereocenters. The van der Waals surface area contributed by atoms with Crippen LogP contribution in [0.15, 0.2) is 47.1 Å². The van der Waals surface area contributed by atoms with E-state index in [0.717, 1.165) is 44.0 Å². The summed E-state index contributed by atoms with van der Waals surface area (Å²) in [7, 11) is 0. The fourth-order valence-corrected chi connectivity index (χ4v) is 2.86. The molecule has 3 heterocycles. The lowest BCUT2D eigenvalue weighted by molar-refractivity contribution is 0.432. The molecule has 1 aliphatic heterocycles. The molecular formula is C18H18FN5O. The second-order valence-corrected chi connectivity index (χ2v) is 5.92. The van der Waals surface area contributed by atoms with Gasteiger partial charge >= 0.3 is 0 Å². The molecule has 1 saturated heterocycles. The predicted molar refractivity (Wildman–Crippen MR) is 92.6 cm³/mol. The van der Waals surface area contributed by atoms with Crippen LogP contribution in [-0.4, -0.2) is 41.3 Å². The van der Waals surface area contributed by atoms with Crippen LogP contribution in [0.2, 0.25) is 0 Å². The molecule has 0 saturated carbocycles. The number of rotatable bonds is 3. The lowest BCUT2D eigenvalue weighted by Gasteiger charge is -2.21. The molecule has 6 nitrogen and oxygen atoms in total. The van der Waals surface area contributed by atoms with Crippen LogP contribution in [-0.2, 0) is 0 Å². The van der Waals surface area contributed by atoms with Gasteiger partial charge in [0.1, 0.15) is 11.6 Å². The highest BCUT2D eigenvalue weighted by atomic mass is 19.1. The van der Waals surface area contributed by atoms with Crippen molar-refractivity contribution in [2.75, 3.05) is 31.1 Å². The molecule has 0 amide bonds. The number of halogens is 1. The molecule has 1 N–H and O–H groups in total. The number of hydrogen-bond donors (Lipinski definition) is 1. The molecule has 4 rings (SSSR count). The summed E-state index contributed by atoms with van der Waals surface area (Å²) in [6.45, 7) is 3.86. The van der Waals surface area contributed by atoms with Crippen molar-refractivity contribution >= 4 is 5.82 Å². The van der Waals surface area contributed by atoms with Gasteiger partial charge in [-0.3, -0.25) is 0 Å². The Morgan fingerprint density at radius 2 is 1.92 bits per heavy atom. The van der Waals surface area contributed by atoms with Crippen LogP contribution >= 0.6 is 0 Å². The lowest BCUT2D eigenvalue weighted by atomic mass is 10.2. The van der Waals surface area contributed by atoms with Crippen molar-refractivity contribution in [3.05, 3.63) is 48.4 Å². The maximum Gasteiger partial charge on any atom is 0.258 e. The predicted octanol–water partition coefficient (Wildman–Crippen LogP) is 2.74. The van der Waals surface area contributed by atoms with Crippen LogP contribution in [0.3, 0.4) is 0 Å². The van der Waals surface area contributed by atoms with Gasteiger partial charge < -0.3 is 14.7 Å². The number of aromatic nitrogens is 3. The molecule has 0 bridgehead atoms. The zero-order chi connectivity index (χ0) is 17.1. The van der Waals surface area contributed by atoms with Crippen molar-refractivity contribution in [1.82, 2.24) is 20.4 Å². The van der Waals surface area contributed by atoms with Gasteiger partial charge in [0.05, 0.1) is 0 Å². The summed E-state index contributed by atoms with van der Waals surface area (Å²) in [4.78, 5) is 11.1. The van der Waals surface area contributed by atoms with Gasteiger partial charge in [0.25, 0.3) is 5.89 Å². The third-order valence-corrected chi connectivity index (χ3v) is 4.18. The van der Waals surface area contributed by atoms with E-state index >= 15 is 0 Å². The number of anilines is 1. The minimum atomic E-state index is -0.293. The number of nitrogens with one attached hydrogen (secondary N) is 1. The Hall–Kier alpha value is -2.80. The first-order chi connectivity index (χ1) is 12.3. The largest absolute Gasteiger partial charge is 0.355 e. The van der Waals surface area contributed by atoms with E-state index < -0.39 is 0 Å². The molecular weight excluding hydrogens is 321 g/mol. The van der Waals surface area contributed by atoms with Crippen LogP contribution in [0.25, 0.3) is 22.8 Å². The van der Waals surface area contributed by atoms with Gasteiger partial charge in [0.2, 0.25) is 5.82 Å². The summed E-state index contributed by atoms with van der Waals surface area (Å²) in [6, 6.07) is 9.83. The summed E-state index contributed by atoms with van der Waals surface area (Å²) < 4.78 is 18.4. The van der Waals surface area contributed by atoms with Crippen LogP contribution in [0.4, 0.5) is 10.2 Å². The van der Waals surface area contributed by atoms with E-state index in [-0.39, 0.29) is 5.82 Å². The first-order valence-electron chi connectivity index (χ1n) is 8.31. The van der Waals surface area contributed by atoms with Gasteiger partial charge in [-0.05, 0) is 49.4 Å². The van der Waals surface area contributed by atoms with E-state index in [1.54, 1.807) is 18.3 Å². The smallest absolute Gasteiger partial charge is 0.258 e. The second-order valence-electron chi connectivity index (χ2n) is 5.92. The average Bonchev–Trinajstić information content (AvgIpc) is 2.98. The van der Waals surface area contributed by atoms with Gasteiger partial charge in [-0.2, -0.15) is 4.98 Å². The molecule has 128 valence electrons. The van der Waals surface area contributed by atoms with Crippen molar-refractivity contribution < 1.29 is 8.91 Å². The summed E-state index contributed by atoms with van der Waals surface area (Å²) in [5.74, 6) is 1.48. The Kier molecular flexibility index (Phi) is 4.39. The van der Waals surface area contributed by atoms with Gasteiger partial charge in [0, 0.05) is 37.0 Å². The Balaban J connectivity index is 1.60. The zero-order valence-corrected chi connectivity index (χ0v) is 13.7. The van der Waals surface area contributed by atoms with Gasteiger partial charge in [-0.25, -0.2) is 9.37 Å². The topological polar surface area (TPSA) is 67.1 Å². The maximum atomic E-state index is 13.0. The van der Waals surface area contributed by atoms with E-state index in [1.165, 1.54) is 12.1 Å². The normalized spacial score (nSPS) is 15.2. The van der Waals surface area contributed by atoms with Crippen LogP contribution in [0, 0.1) is 5.82 Å². The monoisotopic (exact) mass is 339 g/mol. The number of hydrogen-bond acceptors (Lipinski definition) is 6. The van der Waals surface area contributed by atoms with Crippen molar-refractivity contribution in [2.24, 2.45) is 0 Å². The lowest BCUT2D eigenvalue weighted by Crippen LogP contribution is -2.28. The molecule has 7 heteroatoms. The summed E-state index contributed by atoms with van der Waals surface area (Å²) in [5.41, 5.74) is 1.53. The van der Waals surface area contributed by atoms with Crippen molar-refractivity contribution in [3.8, 4) is 22.8 Å². The molecule has 25 heavy (non-hydrogen) atoms. The molecule has 0 unspecified atom stereocenters. The van der Waals surface area contributed by atoms with E-state index in [2.05, 4.69) is 25.3 Å². The highest BCUT2D eigenvalue weighted by Gasteiger charge is 2.15. The zero-order valence-electron chi connectivity index (χ0n) is 13.7. The molecule has 0 spiro atoms. The third kappa shape index (κ3) is 3.51. The third-order valence-electron chi connectivity index (χ3n) is 4.18. The summed E-state index contributed by atoms with van der Waals surface area (Å²) >= 11 is 0. The first-order valence-corrected chi connectivity index (χ1v) is 8.31. The van der Waals surface area contributed by atoms with E-state index in [4.69, 9.17) is 4.52 Å². The van der Waals surface area contributed by atoms with Crippen LogP contribution in [0.5, 0.6) is 0 Å². The molecule has 1 fully saturated rings. The Bertz CT molecular complexity index is 841. The standard InChI is InChI=1S/C18H18FN5O/c19-15-4-2-13(3-5-15)17-22-18(25-23-17)14-6-8-21-16(12-14)24-10-1-7-20-9-11-24/h2-6,8,12,20H,1,7,9-11H2. The van der Waals surface area contributed by atoms with Crippen LogP contribution in [0.1, 0.15) is 6.42 Å². The number of nitrogens with zero attached hydrogens (tertiary/aromatic N) is 4. The van der Waals surface area contributed by atoms with Gasteiger partial charge in [-0.1, -0.05) is 5.16 Å². The summed E-state index contributed by atoms with van der Waals surface area (Å²) in [5, 5.41) is 7.38. The van der Waals surface area contributed by atoms with Crippen LogP contribution < -0.4 is 10.2 Å². The van der Waals surface area contributed by atoms with Crippen molar-refractivity contribution in [2.45, 2.75) is 6.42 Å². The second kappa shape index (κ2) is 6.98. The summed E-state index contributed by atoms with van der Waals surface area (Å²) in [6.07, 6.45) is 2.84. The number of benzene rings is 1. The fourth-order valence-electron chi connectivity index (χ4n) is 2.86. The molecule has 2 aromatic heterocycles. The van der Waals surface area contributed by atoms with Gasteiger partial charge in [0.15, 0.2) is 0 Å². The number of pyridine rings is 1. The highest BCUT2D eigenvalue weighted by Crippen LogP contribution is 2.25. The average molecular weight is 339 g/mol. The Morgan fingerprint density at radius 1 is 1.04 bits per heavy atom. The molecule has 0 radical (unpaired) electrons. The molecule has 1 aromatic carbocycles. The highest BCUT2D eigenvalue weighted by molar-refractivity contribution is 5.62. The van der Waals surface area contributed by atoms with E-state index in [0.29, 0.717) is 17.3 Å². The Morgan fingerprint density at radius 3 is 2.80 bits per heavy atom. The minimum Gasteiger partial charge on any atom is -0.355 e. The SMILES string of the molecule is Fc1ccc(-c2noc(-c3ccnc(N4CCCNCC4)c3)n2)cc1. The van der Waals surface area contributed by atoms with Crippen molar-refractivity contribution in [1.29, 1.82) is 0 Å². The van der Waals surface area contributed by atoms with E-state index in [9.17, 15) is 4.39 Å². The first kappa shape index (κ1) is 15.7. The fraction of sp³-hybridized carbons (Fsp3) is 0.278. The van der Waals surface area contributed by atoms with Crippen molar-refractivity contribution in [3.63, 3.8) is 0 Å². The molecule has 1 aliphatic rings. The minimum absolute atomic E-state index is 0.293. The Labute approximate surface area is 144 Å². The quantitative estimate of drug-likeness (QED) is 0.791.